The quantitative estimate of drug-likeness (QED) is 0.807. The summed E-state index contributed by atoms with van der Waals surface area (Å²) in [5.41, 5.74) is 1.20. The zero-order valence-corrected chi connectivity index (χ0v) is 12.1. The maximum Gasteiger partial charge on any atom is 0.122 e. The molecular weight excluding hydrogens is 226 g/mol. The molecule has 0 aliphatic carbocycles. The van der Waals surface area contributed by atoms with Gasteiger partial charge in [-0.25, -0.2) is 0 Å². The molecule has 0 spiro atoms. The second-order valence-corrected chi connectivity index (χ2v) is 4.58. The average Bonchev–Trinajstić information content (AvgIpc) is 2.43. The van der Waals surface area contributed by atoms with Gasteiger partial charge in [-0.2, -0.15) is 0 Å². The third-order valence-corrected chi connectivity index (χ3v) is 3.50. The van der Waals surface area contributed by atoms with Crippen molar-refractivity contribution in [2.75, 3.05) is 21.3 Å². The van der Waals surface area contributed by atoms with Gasteiger partial charge in [0.25, 0.3) is 0 Å². The van der Waals surface area contributed by atoms with Gasteiger partial charge >= 0.3 is 0 Å². The van der Waals surface area contributed by atoms with Crippen LogP contribution in [0.4, 0.5) is 0 Å². The van der Waals surface area contributed by atoms with Gasteiger partial charge in [-0.15, -0.1) is 0 Å². The first-order valence-electron chi connectivity index (χ1n) is 6.57. The van der Waals surface area contributed by atoms with Crippen LogP contribution in [-0.4, -0.2) is 27.3 Å². The molecule has 1 aromatic carbocycles. The molecule has 1 N–H and O–H groups in total. The van der Waals surface area contributed by atoms with Crippen LogP contribution in [0.25, 0.3) is 0 Å². The van der Waals surface area contributed by atoms with E-state index in [0.717, 1.165) is 17.9 Å². The van der Waals surface area contributed by atoms with Crippen LogP contribution in [0.5, 0.6) is 11.5 Å². The van der Waals surface area contributed by atoms with E-state index in [4.69, 9.17) is 9.47 Å². The Kier molecular flexibility index (Phi) is 5.99. The molecule has 0 heterocycles. The number of methoxy groups -OCH3 is 2. The van der Waals surface area contributed by atoms with Crippen molar-refractivity contribution >= 4 is 0 Å². The molecule has 2 unspecified atom stereocenters. The summed E-state index contributed by atoms with van der Waals surface area (Å²) in [5.74, 6) is 2.20. The zero-order chi connectivity index (χ0) is 13.5. The Morgan fingerprint density at radius 2 is 1.94 bits per heavy atom. The molecule has 2 atom stereocenters. The molecule has 1 aromatic rings. The maximum atomic E-state index is 5.46. The largest absolute Gasteiger partial charge is 0.497 e. The Hall–Kier alpha value is -1.22. The third-order valence-electron chi connectivity index (χ3n) is 3.50. The van der Waals surface area contributed by atoms with E-state index >= 15 is 0 Å². The monoisotopic (exact) mass is 251 g/mol. The molecule has 0 saturated carbocycles. The molecule has 3 heteroatoms. The third kappa shape index (κ3) is 3.39. The van der Waals surface area contributed by atoms with E-state index in [1.54, 1.807) is 14.2 Å². The van der Waals surface area contributed by atoms with Gasteiger partial charge < -0.3 is 14.8 Å². The highest BCUT2D eigenvalue weighted by atomic mass is 16.5. The van der Waals surface area contributed by atoms with Crippen LogP contribution in [0, 0.1) is 0 Å². The lowest BCUT2D eigenvalue weighted by molar-refractivity contribution is 0.383. The highest BCUT2D eigenvalue weighted by molar-refractivity contribution is 5.42. The van der Waals surface area contributed by atoms with E-state index < -0.39 is 0 Å². The Balaban J connectivity index is 3.04. The minimum absolute atomic E-state index is 0.389. The standard InChI is InChI=1S/C15H25NO2/c1-6-7-14(16-3)11(2)13-10-12(17-4)8-9-15(13)18-5/h8-11,14,16H,6-7H2,1-5H3. The number of likely N-dealkylation sites (N-methyl/N-ethyl adjacent to an activating group) is 1. The van der Waals surface area contributed by atoms with Crippen molar-refractivity contribution in [3.8, 4) is 11.5 Å². The van der Waals surface area contributed by atoms with Crippen LogP contribution in [0.2, 0.25) is 0 Å². The first-order chi connectivity index (χ1) is 8.67. The molecule has 18 heavy (non-hydrogen) atoms. The minimum atomic E-state index is 0.389. The molecular formula is C15H25NO2. The van der Waals surface area contributed by atoms with Gasteiger partial charge in [0.1, 0.15) is 11.5 Å². The van der Waals surface area contributed by atoms with Crippen molar-refractivity contribution in [1.82, 2.24) is 5.32 Å². The molecule has 102 valence electrons. The number of rotatable bonds is 7. The predicted octanol–water partition coefficient (Wildman–Crippen LogP) is 3.20. The molecule has 0 saturated heterocycles. The number of ether oxygens (including phenoxy) is 2. The number of hydrogen-bond acceptors (Lipinski definition) is 3. The van der Waals surface area contributed by atoms with Crippen molar-refractivity contribution in [3.63, 3.8) is 0 Å². The number of nitrogens with one attached hydrogen (secondary N) is 1. The Morgan fingerprint density at radius 1 is 1.22 bits per heavy atom. The van der Waals surface area contributed by atoms with Crippen LogP contribution < -0.4 is 14.8 Å². The normalized spacial score (nSPS) is 14.1. The van der Waals surface area contributed by atoms with Crippen LogP contribution in [0.3, 0.4) is 0 Å². The van der Waals surface area contributed by atoms with Gasteiger partial charge in [0.15, 0.2) is 0 Å². The first-order valence-corrected chi connectivity index (χ1v) is 6.57. The molecule has 0 aliphatic rings. The molecule has 0 aliphatic heterocycles. The summed E-state index contributed by atoms with van der Waals surface area (Å²) in [6.45, 7) is 4.44. The van der Waals surface area contributed by atoms with Crippen molar-refractivity contribution in [3.05, 3.63) is 23.8 Å². The topological polar surface area (TPSA) is 30.5 Å². The van der Waals surface area contributed by atoms with Crippen molar-refractivity contribution in [2.45, 2.75) is 38.6 Å². The van der Waals surface area contributed by atoms with Crippen molar-refractivity contribution in [2.24, 2.45) is 0 Å². The lowest BCUT2D eigenvalue weighted by Gasteiger charge is -2.25. The van der Waals surface area contributed by atoms with Crippen molar-refractivity contribution in [1.29, 1.82) is 0 Å². The van der Waals surface area contributed by atoms with Gasteiger partial charge in [-0.3, -0.25) is 0 Å². The summed E-state index contributed by atoms with van der Waals surface area (Å²) in [6, 6.07) is 6.44. The molecule has 0 bridgehead atoms. The second kappa shape index (κ2) is 7.27. The van der Waals surface area contributed by atoms with E-state index in [1.165, 1.54) is 12.0 Å². The molecule has 3 nitrogen and oxygen atoms in total. The average molecular weight is 251 g/mol. The Labute approximate surface area is 110 Å². The van der Waals surface area contributed by atoms with Gasteiger partial charge in [0, 0.05) is 17.5 Å². The second-order valence-electron chi connectivity index (χ2n) is 4.58. The SMILES string of the molecule is CCCC(NC)C(C)c1cc(OC)ccc1OC. The van der Waals surface area contributed by atoms with E-state index in [9.17, 15) is 0 Å². The molecule has 1 rings (SSSR count). The summed E-state index contributed by atoms with van der Waals surface area (Å²) in [7, 11) is 5.42. The molecule has 0 radical (unpaired) electrons. The highest BCUT2D eigenvalue weighted by Gasteiger charge is 2.20. The minimum Gasteiger partial charge on any atom is -0.497 e. The predicted molar refractivity (Wildman–Crippen MR) is 75.7 cm³/mol. The number of benzene rings is 1. The summed E-state index contributed by atoms with van der Waals surface area (Å²) in [5, 5.41) is 3.39. The number of hydrogen-bond donors (Lipinski definition) is 1. The Bertz CT molecular complexity index is 366. The highest BCUT2D eigenvalue weighted by Crippen LogP contribution is 2.33. The smallest absolute Gasteiger partial charge is 0.122 e. The fraction of sp³-hybridized carbons (Fsp3) is 0.600. The van der Waals surface area contributed by atoms with Crippen LogP contribution >= 0.6 is 0 Å². The van der Waals surface area contributed by atoms with Gasteiger partial charge in [0.05, 0.1) is 14.2 Å². The fourth-order valence-electron chi connectivity index (χ4n) is 2.37. The summed E-state index contributed by atoms with van der Waals surface area (Å²) in [4.78, 5) is 0. The summed E-state index contributed by atoms with van der Waals surface area (Å²) >= 11 is 0. The fourth-order valence-corrected chi connectivity index (χ4v) is 2.37. The molecule has 0 aromatic heterocycles. The van der Waals surface area contributed by atoms with Crippen LogP contribution in [-0.2, 0) is 0 Å². The molecule has 0 fully saturated rings. The van der Waals surface area contributed by atoms with Gasteiger partial charge in [-0.1, -0.05) is 20.3 Å². The van der Waals surface area contributed by atoms with Gasteiger partial charge in [-0.05, 0) is 31.7 Å². The lowest BCUT2D eigenvalue weighted by atomic mass is 9.90. The summed E-state index contributed by atoms with van der Waals surface area (Å²) in [6.07, 6.45) is 2.32. The van der Waals surface area contributed by atoms with E-state index in [2.05, 4.69) is 25.2 Å². The summed E-state index contributed by atoms with van der Waals surface area (Å²) < 4.78 is 10.8. The zero-order valence-electron chi connectivity index (χ0n) is 12.1. The van der Waals surface area contributed by atoms with Gasteiger partial charge in [0.2, 0.25) is 0 Å². The lowest BCUT2D eigenvalue weighted by Crippen LogP contribution is -2.30. The van der Waals surface area contributed by atoms with E-state index in [0.29, 0.717) is 12.0 Å². The molecule has 0 amide bonds. The van der Waals surface area contributed by atoms with E-state index in [-0.39, 0.29) is 0 Å². The first kappa shape index (κ1) is 14.8. The maximum absolute atomic E-state index is 5.46. The van der Waals surface area contributed by atoms with E-state index in [1.807, 2.05) is 19.2 Å². The van der Waals surface area contributed by atoms with Crippen molar-refractivity contribution < 1.29 is 9.47 Å². The van der Waals surface area contributed by atoms with Crippen LogP contribution in [0.1, 0.15) is 38.2 Å². The Morgan fingerprint density at radius 3 is 2.44 bits per heavy atom. The van der Waals surface area contributed by atoms with Crippen LogP contribution in [0.15, 0.2) is 18.2 Å².